The van der Waals surface area contributed by atoms with Crippen molar-refractivity contribution in [2.75, 3.05) is 44.9 Å². The van der Waals surface area contributed by atoms with E-state index in [0.717, 1.165) is 51.4 Å². The molecule has 0 bridgehead atoms. The average Bonchev–Trinajstić information content (AvgIpc) is 3.05. The molecule has 2 saturated heterocycles. The molecule has 28 heavy (non-hydrogen) atoms. The van der Waals surface area contributed by atoms with Gasteiger partial charge in [-0.3, -0.25) is 0 Å². The van der Waals surface area contributed by atoms with Crippen LogP contribution in [-0.4, -0.2) is 62.6 Å². The predicted molar refractivity (Wildman–Crippen MR) is 110 cm³/mol. The fraction of sp³-hybridized carbons (Fsp3) is 0.682. The number of carbonyl (C=O) groups excluding carboxylic acids is 1. The van der Waals surface area contributed by atoms with E-state index in [1.807, 2.05) is 37.8 Å². The van der Waals surface area contributed by atoms with Crippen LogP contribution in [0.1, 0.15) is 40.5 Å². The Morgan fingerprint density at radius 1 is 1.25 bits per heavy atom. The van der Waals surface area contributed by atoms with Gasteiger partial charge in [0.2, 0.25) is 0 Å². The van der Waals surface area contributed by atoms with Crippen molar-refractivity contribution >= 4 is 11.8 Å². The number of piperidine rings is 1. The number of ether oxygens (including phenoxy) is 3. The Balaban J connectivity index is 1.70. The molecule has 1 unspecified atom stereocenters. The van der Waals surface area contributed by atoms with E-state index < -0.39 is 5.60 Å². The number of benzene rings is 1. The Morgan fingerprint density at radius 2 is 1.89 bits per heavy atom. The van der Waals surface area contributed by atoms with Crippen LogP contribution in [0.5, 0.6) is 5.75 Å². The van der Waals surface area contributed by atoms with Crippen LogP contribution in [0.15, 0.2) is 24.3 Å². The Kier molecular flexibility index (Phi) is 6.08. The van der Waals surface area contributed by atoms with Gasteiger partial charge in [-0.1, -0.05) is 0 Å². The van der Waals surface area contributed by atoms with Gasteiger partial charge in [-0.15, -0.1) is 0 Å². The first-order chi connectivity index (χ1) is 13.3. The largest absolute Gasteiger partial charge is 0.497 e. The van der Waals surface area contributed by atoms with Crippen LogP contribution in [0.3, 0.4) is 0 Å². The molecule has 0 aromatic heterocycles. The summed E-state index contributed by atoms with van der Waals surface area (Å²) in [6.45, 7) is 11.7. The van der Waals surface area contributed by atoms with Crippen LogP contribution < -0.4 is 9.64 Å². The molecule has 6 nitrogen and oxygen atoms in total. The zero-order chi connectivity index (χ0) is 20.4. The monoisotopic (exact) mass is 390 g/mol. The number of nitrogens with zero attached hydrogens (tertiary/aromatic N) is 2. The molecule has 0 aliphatic carbocycles. The molecule has 2 heterocycles. The van der Waals surface area contributed by atoms with Crippen molar-refractivity contribution in [2.45, 2.75) is 52.2 Å². The summed E-state index contributed by atoms with van der Waals surface area (Å²) < 4.78 is 16.8. The van der Waals surface area contributed by atoms with E-state index in [9.17, 15) is 4.79 Å². The smallest absolute Gasteiger partial charge is 0.410 e. The predicted octanol–water partition coefficient (Wildman–Crippen LogP) is 3.94. The van der Waals surface area contributed by atoms with E-state index in [1.54, 1.807) is 7.11 Å². The van der Waals surface area contributed by atoms with Crippen LogP contribution in [0.2, 0.25) is 0 Å². The molecule has 2 aliphatic rings. The average molecular weight is 391 g/mol. The summed E-state index contributed by atoms with van der Waals surface area (Å²) in [6, 6.07) is 8.55. The molecule has 1 atom stereocenters. The van der Waals surface area contributed by atoms with Gasteiger partial charge in [0.15, 0.2) is 0 Å². The zero-order valence-corrected chi connectivity index (χ0v) is 17.9. The normalized spacial score (nSPS) is 21.6. The van der Waals surface area contributed by atoms with Crippen LogP contribution in [-0.2, 0) is 9.47 Å². The molecular formula is C22H34N2O4. The summed E-state index contributed by atoms with van der Waals surface area (Å²) in [5, 5.41) is 0. The van der Waals surface area contributed by atoms with E-state index in [0.29, 0.717) is 6.04 Å². The second-order valence-corrected chi connectivity index (χ2v) is 8.84. The second-order valence-electron chi connectivity index (χ2n) is 8.84. The third-order valence-electron chi connectivity index (χ3n) is 5.90. The van der Waals surface area contributed by atoms with E-state index in [-0.39, 0.29) is 11.5 Å². The Bertz CT molecular complexity index is 660. The molecule has 2 aliphatic heterocycles. The van der Waals surface area contributed by atoms with Crippen molar-refractivity contribution < 1.29 is 19.0 Å². The Morgan fingerprint density at radius 3 is 2.43 bits per heavy atom. The SMILES string of the molecule is CCN(c1ccc(OC)cc1)C1COCC12CCN(C(=O)OC(C)(C)C)CC2. The molecule has 1 amide bonds. The van der Waals surface area contributed by atoms with E-state index in [2.05, 4.69) is 24.0 Å². The first kappa shape index (κ1) is 20.8. The highest BCUT2D eigenvalue weighted by Gasteiger charge is 2.49. The maximum absolute atomic E-state index is 12.4. The molecule has 3 rings (SSSR count). The molecule has 0 saturated carbocycles. The number of carbonyl (C=O) groups is 1. The minimum absolute atomic E-state index is 0.0778. The molecule has 1 spiro atoms. The van der Waals surface area contributed by atoms with Crippen LogP contribution in [0.25, 0.3) is 0 Å². The maximum Gasteiger partial charge on any atom is 0.410 e. The number of likely N-dealkylation sites (N-methyl/N-ethyl adjacent to an activating group) is 1. The first-order valence-corrected chi connectivity index (χ1v) is 10.2. The summed E-state index contributed by atoms with van der Waals surface area (Å²) in [5.41, 5.74) is 0.806. The van der Waals surface area contributed by atoms with Gasteiger partial charge in [-0.2, -0.15) is 0 Å². The third-order valence-corrected chi connectivity index (χ3v) is 5.90. The van der Waals surface area contributed by atoms with Crippen molar-refractivity contribution in [2.24, 2.45) is 5.41 Å². The number of hydrogen-bond donors (Lipinski definition) is 0. The van der Waals surface area contributed by atoms with Crippen molar-refractivity contribution in [3.63, 3.8) is 0 Å². The molecule has 2 fully saturated rings. The zero-order valence-electron chi connectivity index (χ0n) is 17.9. The lowest BCUT2D eigenvalue weighted by Gasteiger charge is -2.46. The fourth-order valence-corrected chi connectivity index (χ4v) is 4.36. The highest BCUT2D eigenvalue weighted by Crippen LogP contribution is 2.43. The minimum atomic E-state index is -0.460. The Hall–Kier alpha value is -1.95. The highest BCUT2D eigenvalue weighted by atomic mass is 16.6. The van der Waals surface area contributed by atoms with Gasteiger partial charge in [0.1, 0.15) is 11.4 Å². The number of anilines is 1. The summed E-state index contributed by atoms with van der Waals surface area (Å²) >= 11 is 0. The van der Waals surface area contributed by atoms with Gasteiger partial charge >= 0.3 is 6.09 Å². The first-order valence-electron chi connectivity index (χ1n) is 10.2. The van der Waals surface area contributed by atoms with Crippen molar-refractivity contribution in [1.82, 2.24) is 4.90 Å². The number of likely N-dealkylation sites (tertiary alicyclic amines) is 1. The standard InChI is InChI=1S/C22H34N2O4/c1-6-24(17-7-9-18(26-5)10-8-17)19-15-27-16-22(19)11-13-23(14-12-22)20(25)28-21(2,3)4/h7-10,19H,6,11-16H2,1-5H3. The summed E-state index contributed by atoms with van der Waals surface area (Å²) in [7, 11) is 1.69. The minimum Gasteiger partial charge on any atom is -0.497 e. The van der Waals surface area contributed by atoms with Crippen LogP contribution in [0.4, 0.5) is 10.5 Å². The van der Waals surface area contributed by atoms with E-state index in [1.165, 1.54) is 5.69 Å². The summed E-state index contributed by atoms with van der Waals surface area (Å²) in [6.07, 6.45) is 1.66. The molecule has 1 aromatic carbocycles. The lowest BCUT2D eigenvalue weighted by atomic mass is 9.74. The fourth-order valence-electron chi connectivity index (χ4n) is 4.36. The highest BCUT2D eigenvalue weighted by molar-refractivity contribution is 5.68. The van der Waals surface area contributed by atoms with Crippen LogP contribution >= 0.6 is 0 Å². The second kappa shape index (κ2) is 8.19. The summed E-state index contributed by atoms with van der Waals surface area (Å²) in [5.74, 6) is 0.864. The molecule has 0 radical (unpaired) electrons. The third kappa shape index (κ3) is 4.37. The van der Waals surface area contributed by atoms with Gasteiger partial charge in [-0.05, 0) is 64.8 Å². The van der Waals surface area contributed by atoms with Crippen molar-refractivity contribution in [3.05, 3.63) is 24.3 Å². The number of amides is 1. The van der Waals surface area contributed by atoms with E-state index in [4.69, 9.17) is 14.2 Å². The van der Waals surface area contributed by atoms with E-state index >= 15 is 0 Å². The molecule has 6 heteroatoms. The van der Waals surface area contributed by atoms with Gasteiger partial charge in [-0.25, -0.2) is 4.79 Å². The molecular weight excluding hydrogens is 356 g/mol. The quantitative estimate of drug-likeness (QED) is 0.779. The van der Waals surface area contributed by atoms with Gasteiger partial charge in [0, 0.05) is 30.7 Å². The molecule has 0 N–H and O–H groups in total. The van der Waals surface area contributed by atoms with Gasteiger partial charge in [0.25, 0.3) is 0 Å². The van der Waals surface area contributed by atoms with Gasteiger partial charge in [0.05, 0.1) is 26.4 Å². The van der Waals surface area contributed by atoms with Crippen LogP contribution in [0, 0.1) is 5.41 Å². The topological polar surface area (TPSA) is 51.2 Å². The maximum atomic E-state index is 12.4. The van der Waals surface area contributed by atoms with Crippen molar-refractivity contribution in [1.29, 1.82) is 0 Å². The molecule has 1 aromatic rings. The lowest BCUT2D eigenvalue weighted by Crippen LogP contribution is -2.54. The van der Waals surface area contributed by atoms with Crippen molar-refractivity contribution in [3.8, 4) is 5.75 Å². The van der Waals surface area contributed by atoms with Gasteiger partial charge < -0.3 is 24.0 Å². The summed E-state index contributed by atoms with van der Waals surface area (Å²) in [4.78, 5) is 16.7. The number of hydrogen-bond acceptors (Lipinski definition) is 5. The Labute approximate surface area is 168 Å². The number of rotatable bonds is 4. The number of methoxy groups -OCH3 is 1. The lowest BCUT2D eigenvalue weighted by molar-refractivity contribution is 0.00691. The molecule has 156 valence electrons.